The van der Waals surface area contributed by atoms with Gasteiger partial charge < -0.3 is 0 Å². The fraction of sp³-hybridized carbons (Fsp3) is 0.0909. The summed E-state index contributed by atoms with van der Waals surface area (Å²) in [7, 11) is 0. The van der Waals surface area contributed by atoms with Crippen molar-refractivity contribution in [2.75, 3.05) is 0 Å². The second-order valence-corrected chi connectivity index (χ2v) is 13.1. The van der Waals surface area contributed by atoms with Gasteiger partial charge in [0.2, 0.25) is 0 Å². The summed E-state index contributed by atoms with van der Waals surface area (Å²) in [6.45, 7) is 0. The molecular weight excluding hydrogens is 784 g/mol. The van der Waals surface area contributed by atoms with Crippen molar-refractivity contribution in [3.05, 3.63) is 166 Å². The Hall–Kier alpha value is -6.44. The highest BCUT2D eigenvalue weighted by molar-refractivity contribution is 6.12. The molecule has 58 heavy (non-hydrogen) atoms. The first-order valence-corrected chi connectivity index (χ1v) is 17.1. The Morgan fingerprint density at radius 2 is 0.655 bits per heavy atom. The number of pyridine rings is 2. The third-order valence-electron chi connectivity index (χ3n) is 9.08. The normalized spacial score (nSPS) is 13.0. The molecule has 0 fully saturated rings. The van der Waals surface area contributed by atoms with E-state index in [4.69, 9.17) is 9.97 Å². The van der Waals surface area contributed by atoms with Crippen LogP contribution in [0.15, 0.2) is 121 Å². The summed E-state index contributed by atoms with van der Waals surface area (Å²) in [6, 6.07) is 26.8. The first-order chi connectivity index (χ1) is 27.2. The Labute approximate surface area is 321 Å². The fourth-order valence-corrected chi connectivity index (χ4v) is 6.41. The minimum atomic E-state index is -5.07. The second-order valence-electron chi connectivity index (χ2n) is 13.1. The molecule has 0 unspecified atom stereocenters. The molecule has 2 nitrogen and oxygen atoms in total. The number of nitrogens with zero attached hydrogens (tertiary/aromatic N) is 2. The van der Waals surface area contributed by atoms with Crippen molar-refractivity contribution in [3.8, 4) is 22.3 Å². The van der Waals surface area contributed by atoms with Crippen molar-refractivity contribution in [1.29, 1.82) is 0 Å². The molecule has 0 radical (unpaired) electrons. The van der Waals surface area contributed by atoms with Crippen molar-refractivity contribution in [3.63, 3.8) is 0 Å². The van der Waals surface area contributed by atoms with Crippen LogP contribution in [-0.2, 0) is 24.7 Å². The Bertz CT molecular complexity index is 2460. The standard InChI is InChI=1S/C44H24F12N2/c45-41(46,47)29-17-25(18-30(21-29)42(48,49)50)11-13-33-23-37(27-7-3-1-4-8-27)35-15-16-36-38(28-9-5-2-6-10-28)24-34(58-40(36)39(35)57-33)14-12-26-19-31(43(51,52)53)22-32(20-26)44(54,55)56/h1-24H/b13-11+,14-12+. The molecule has 0 saturated carbocycles. The zero-order valence-electron chi connectivity index (χ0n) is 29.3. The van der Waals surface area contributed by atoms with Gasteiger partial charge in [-0.3, -0.25) is 0 Å². The molecule has 14 heteroatoms. The van der Waals surface area contributed by atoms with E-state index in [0.29, 0.717) is 57.3 Å². The fourth-order valence-electron chi connectivity index (χ4n) is 6.41. The number of halogens is 12. The number of alkyl halides is 12. The molecule has 5 aromatic carbocycles. The second kappa shape index (κ2) is 14.8. The van der Waals surface area contributed by atoms with E-state index < -0.39 is 58.1 Å². The molecule has 2 heterocycles. The molecule has 294 valence electrons. The van der Waals surface area contributed by atoms with Crippen LogP contribution in [0.4, 0.5) is 52.7 Å². The van der Waals surface area contributed by atoms with Gasteiger partial charge >= 0.3 is 24.7 Å². The maximum absolute atomic E-state index is 13.6. The van der Waals surface area contributed by atoms with Crippen LogP contribution in [0, 0.1) is 0 Å². The molecule has 0 saturated heterocycles. The number of rotatable bonds is 6. The van der Waals surface area contributed by atoms with E-state index in [1.807, 2.05) is 0 Å². The van der Waals surface area contributed by atoms with E-state index in [9.17, 15) is 52.7 Å². The molecule has 0 atom stereocenters. The average Bonchev–Trinajstić information content (AvgIpc) is 3.17. The zero-order chi connectivity index (χ0) is 41.6. The number of hydrogen-bond donors (Lipinski definition) is 0. The number of benzene rings is 5. The lowest BCUT2D eigenvalue weighted by molar-refractivity contribution is -0.144. The van der Waals surface area contributed by atoms with Crippen molar-refractivity contribution in [2.45, 2.75) is 24.7 Å². The molecule has 0 aliphatic rings. The van der Waals surface area contributed by atoms with Crippen LogP contribution < -0.4 is 0 Å². The minimum absolute atomic E-state index is 0.0234. The maximum Gasteiger partial charge on any atom is 0.416 e. The molecular formula is C44H24F12N2. The molecule has 0 amide bonds. The third-order valence-corrected chi connectivity index (χ3v) is 9.08. The van der Waals surface area contributed by atoms with Gasteiger partial charge in [0.15, 0.2) is 0 Å². The molecule has 0 aliphatic heterocycles. The largest absolute Gasteiger partial charge is 0.416 e. The van der Waals surface area contributed by atoms with Crippen LogP contribution >= 0.6 is 0 Å². The molecule has 2 aromatic heterocycles. The highest BCUT2D eigenvalue weighted by Gasteiger charge is 2.38. The Morgan fingerprint density at radius 1 is 0.345 bits per heavy atom. The quantitative estimate of drug-likeness (QED) is 0.124. The van der Waals surface area contributed by atoms with E-state index in [1.54, 1.807) is 84.9 Å². The first kappa shape index (κ1) is 39.8. The van der Waals surface area contributed by atoms with Gasteiger partial charge in [-0.05, 0) is 94.1 Å². The summed E-state index contributed by atoms with van der Waals surface area (Å²) in [5.74, 6) is 0. The lowest BCUT2D eigenvalue weighted by atomic mass is 9.95. The number of hydrogen-bond acceptors (Lipinski definition) is 2. The summed E-state index contributed by atoms with van der Waals surface area (Å²) in [4.78, 5) is 9.50. The maximum atomic E-state index is 13.6. The van der Waals surface area contributed by atoms with Crippen molar-refractivity contribution >= 4 is 46.1 Å². The predicted octanol–water partition coefficient (Wildman–Crippen LogP) is 14.5. The molecule has 7 rings (SSSR count). The smallest absolute Gasteiger partial charge is 0.246 e. The van der Waals surface area contributed by atoms with Crippen molar-refractivity contribution < 1.29 is 52.7 Å². The van der Waals surface area contributed by atoms with Gasteiger partial charge in [-0.25, -0.2) is 9.97 Å². The van der Waals surface area contributed by atoms with Gasteiger partial charge in [-0.1, -0.05) is 84.9 Å². The summed E-state index contributed by atoms with van der Waals surface area (Å²) in [5, 5.41) is 1.07. The Balaban J connectivity index is 1.46. The predicted molar refractivity (Wildman–Crippen MR) is 199 cm³/mol. The first-order valence-electron chi connectivity index (χ1n) is 17.1. The van der Waals surface area contributed by atoms with Crippen LogP contribution in [0.1, 0.15) is 44.8 Å². The molecule has 7 aromatic rings. The summed E-state index contributed by atoms with van der Waals surface area (Å²) in [5.41, 5.74) is -3.58. The Morgan fingerprint density at radius 3 is 0.948 bits per heavy atom. The number of aromatic nitrogens is 2. The highest BCUT2D eigenvalue weighted by atomic mass is 19.4. The monoisotopic (exact) mass is 808 g/mol. The van der Waals surface area contributed by atoms with Crippen LogP contribution in [0.3, 0.4) is 0 Å². The van der Waals surface area contributed by atoms with Gasteiger partial charge in [0.1, 0.15) is 0 Å². The van der Waals surface area contributed by atoms with E-state index >= 15 is 0 Å². The average molecular weight is 809 g/mol. The lowest BCUT2D eigenvalue weighted by Crippen LogP contribution is -2.11. The highest BCUT2D eigenvalue weighted by Crippen LogP contribution is 2.40. The van der Waals surface area contributed by atoms with Gasteiger partial charge in [-0.15, -0.1) is 0 Å². The van der Waals surface area contributed by atoms with Crippen LogP contribution in [-0.4, -0.2) is 9.97 Å². The molecule has 0 spiro atoms. The van der Waals surface area contributed by atoms with Crippen LogP contribution in [0.25, 0.3) is 68.4 Å². The SMILES string of the molecule is FC(F)(F)c1cc(/C=C/c2cc(-c3ccccc3)c3ccc4c(-c5ccccc5)cc(/C=C/c5cc(C(F)(F)F)cc(C(F)(F)F)c5)nc4c3n2)cc(C(F)(F)F)c1. The molecule has 0 N–H and O–H groups in total. The van der Waals surface area contributed by atoms with Crippen LogP contribution in [0.2, 0.25) is 0 Å². The summed E-state index contributed by atoms with van der Waals surface area (Å²) < 4.78 is 164. The van der Waals surface area contributed by atoms with Gasteiger partial charge in [-0.2, -0.15) is 52.7 Å². The van der Waals surface area contributed by atoms with Gasteiger partial charge in [0.25, 0.3) is 0 Å². The molecule has 0 aliphatic carbocycles. The van der Waals surface area contributed by atoms with E-state index in [0.717, 1.165) is 12.2 Å². The van der Waals surface area contributed by atoms with Crippen molar-refractivity contribution in [2.24, 2.45) is 0 Å². The lowest BCUT2D eigenvalue weighted by Gasteiger charge is -2.14. The molecule has 0 bridgehead atoms. The summed E-state index contributed by atoms with van der Waals surface area (Å²) >= 11 is 0. The Kier molecular flexibility index (Phi) is 10.2. The number of fused-ring (bicyclic) bond motifs is 3. The van der Waals surface area contributed by atoms with Gasteiger partial charge in [0.05, 0.1) is 44.7 Å². The van der Waals surface area contributed by atoms with E-state index in [-0.39, 0.29) is 34.6 Å². The van der Waals surface area contributed by atoms with E-state index in [1.165, 1.54) is 12.2 Å². The topological polar surface area (TPSA) is 25.8 Å². The van der Waals surface area contributed by atoms with E-state index in [2.05, 4.69) is 0 Å². The minimum Gasteiger partial charge on any atom is -0.246 e. The third kappa shape index (κ3) is 8.60. The zero-order valence-corrected chi connectivity index (χ0v) is 29.3. The van der Waals surface area contributed by atoms with Crippen molar-refractivity contribution in [1.82, 2.24) is 9.97 Å². The van der Waals surface area contributed by atoms with Gasteiger partial charge in [0, 0.05) is 10.8 Å². The van der Waals surface area contributed by atoms with Crippen LogP contribution in [0.5, 0.6) is 0 Å². The summed E-state index contributed by atoms with van der Waals surface area (Å²) in [6.07, 6.45) is -15.6.